The van der Waals surface area contributed by atoms with Crippen LogP contribution in [0, 0.1) is 11.3 Å². The standard InChI is InChI=1S/C21H17ClN2S/c1-14(2)16-5-3-15(4-6-16)11-18(12-23)21-24-20(13-25-21)17-7-9-19(22)10-8-17/h3-11,13-14H,1-2H3/b18-11-. The topological polar surface area (TPSA) is 36.7 Å². The monoisotopic (exact) mass is 364 g/mol. The summed E-state index contributed by atoms with van der Waals surface area (Å²) in [7, 11) is 0. The van der Waals surface area contributed by atoms with E-state index < -0.39 is 0 Å². The number of hydrogen-bond acceptors (Lipinski definition) is 3. The second kappa shape index (κ2) is 7.65. The van der Waals surface area contributed by atoms with E-state index in [1.54, 1.807) is 0 Å². The number of nitriles is 1. The maximum absolute atomic E-state index is 9.53. The van der Waals surface area contributed by atoms with Crippen LogP contribution in [0.25, 0.3) is 22.9 Å². The lowest BCUT2D eigenvalue weighted by Gasteiger charge is -2.04. The molecule has 0 aliphatic heterocycles. The molecule has 0 atom stereocenters. The van der Waals surface area contributed by atoms with Gasteiger partial charge < -0.3 is 0 Å². The van der Waals surface area contributed by atoms with Crippen molar-refractivity contribution in [3.63, 3.8) is 0 Å². The van der Waals surface area contributed by atoms with Gasteiger partial charge in [-0.2, -0.15) is 5.26 Å². The van der Waals surface area contributed by atoms with Gasteiger partial charge in [0.2, 0.25) is 0 Å². The highest BCUT2D eigenvalue weighted by Crippen LogP contribution is 2.28. The highest BCUT2D eigenvalue weighted by Gasteiger charge is 2.09. The summed E-state index contributed by atoms with van der Waals surface area (Å²) in [5.74, 6) is 0.495. The van der Waals surface area contributed by atoms with Crippen molar-refractivity contribution in [1.29, 1.82) is 5.26 Å². The molecule has 0 unspecified atom stereocenters. The molecule has 0 bridgehead atoms. The van der Waals surface area contributed by atoms with E-state index in [1.165, 1.54) is 16.9 Å². The second-order valence-corrected chi connectivity index (χ2v) is 7.33. The van der Waals surface area contributed by atoms with Gasteiger partial charge in [-0.1, -0.05) is 61.8 Å². The Labute approximate surface area is 157 Å². The van der Waals surface area contributed by atoms with Crippen molar-refractivity contribution in [1.82, 2.24) is 4.98 Å². The fourth-order valence-corrected chi connectivity index (χ4v) is 3.36. The lowest BCUT2D eigenvalue weighted by Crippen LogP contribution is -1.87. The molecule has 0 saturated heterocycles. The summed E-state index contributed by atoms with van der Waals surface area (Å²) < 4.78 is 0. The van der Waals surface area contributed by atoms with E-state index in [2.05, 4.69) is 37.0 Å². The van der Waals surface area contributed by atoms with E-state index in [1.807, 2.05) is 47.9 Å². The molecule has 0 aliphatic rings. The Hall–Kier alpha value is -2.41. The van der Waals surface area contributed by atoms with Crippen molar-refractivity contribution in [2.45, 2.75) is 19.8 Å². The minimum atomic E-state index is 0.495. The lowest BCUT2D eigenvalue weighted by atomic mass is 10.0. The first kappa shape index (κ1) is 17.4. The molecule has 4 heteroatoms. The molecule has 0 radical (unpaired) electrons. The zero-order valence-corrected chi connectivity index (χ0v) is 15.6. The van der Waals surface area contributed by atoms with Crippen LogP contribution in [-0.2, 0) is 0 Å². The first-order valence-electron chi connectivity index (χ1n) is 8.00. The van der Waals surface area contributed by atoms with Crippen LogP contribution in [0.4, 0.5) is 0 Å². The van der Waals surface area contributed by atoms with Gasteiger partial charge in [0.15, 0.2) is 0 Å². The number of aromatic nitrogens is 1. The van der Waals surface area contributed by atoms with Crippen LogP contribution in [0.5, 0.6) is 0 Å². The normalized spacial score (nSPS) is 11.6. The largest absolute Gasteiger partial charge is 0.235 e. The fourth-order valence-electron chi connectivity index (χ4n) is 2.44. The van der Waals surface area contributed by atoms with Crippen LogP contribution in [0.15, 0.2) is 53.9 Å². The average Bonchev–Trinajstić information content (AvgIpc) is 3.10. The fraction of sp³-hybridized carbons (Fsp3) is 0.143. The predicted octanol–water partition coefficient (Wildman–Crippen LogP) is 6.65. The predicted molar refractivity (Wildman–Crippen MR) is 107 cm³/mol. The first-order valence-corrected chi connectivity index (χ1v) is 9.26. The number of rotatable bonds is 4. The van der Waals surface area contributed by atoms with Gasteiger partial charge in [0, 0.05) is 16.0 Å². The third-order valence-electron chi connectivity index (χ3n) is 3.91. The molecular formula is C21H17ClN2S. The SMILES string of the molecule is CC(C)c1ccc(/C=C(/C#N)c2nc(-c3ccc(Cl)cc3)cs2)cc1. The van der Waals surface area contributed by atoms with Gasteiger partial charge in [-0.3, -0.25) is 0 Å². The maximum atomic E-state index is 9.53. The summed E-state index contributed by atoms with van der Waals surface area (Å²) in [5.41, 5.74) is 4.71. The van der Waals surface area contributed by atoms with E-state index in [0.29, 0.717) is 16.5 Å². The Morgan fingerprint density at radius 2 is 1.80 bits per heavy atom. The highest BCUT2D eigenvalue weighted by molar-refractivity contribution is 7.11. The minimum absolute atomic E-state index is 0.495. The molecule has 3 aromatic rings. The molecule has 2 aromatic carbocycles. The van der Waals surface area contributed by atoms with E-state index >= 15 is 0 Å². The van der Waals surface area contributed by atoms with Crippen molar-refractivity contribution < 1.29 is 0 Å². The van der Waals surface area contributed by atoms with Crippen molar-refractivity contribution in [2.24, 2.45) is 0 Å². The molecule has 124 valence electrons. The minimum Gasteiger partial charge on any atom is -0.235 e. The lowest BCUT2D eigenvalue weighted by molar-refractivity contribution is 0.866. The molecule has 0 saturated carbocycles. The number of halogens is 1. The van der Waals surface area contributed by atoms with Gasteiger partial charge in [-0.05, 0) is 35.3 Å². The second-order valence-electron chi connectivity index (χ2n) is 6.04. The van der Waals surface area contributed by atoms with Crippen molar-refractivity contribution in [3.05, 3.63) is 75.1 Å². The van der Waals surface area contributed by atoms with Gasteiger partial charge in [0.25, 0.3) is 0 Å². The summed E-state index contributed by atoms with van der Waals surface area (Å²) in [6.45, 7) is 4.33. The van der Waals surface area contributed by atoms with Gasteiger partial charge >= 0.3 is 0 Å². The molecule has 0 spiro atoms. The van der Waals surface area contributed by atoms with Crippen LogP contribution in [0.3, 0.4) is 0 Å². The molecule has 0 amide bonds. The molecule has 0 N–H and O–H groups in total. The van der Waals surface area contributed by atoms with Crippen LogP contribution in [0.1, 0.15) is 35.9 Å². The van der Waals surface area contributed by atoms with Gasteiger partial charge in [-0.25, -0.2) is 4.98 Å². The first-order chi connectivity index (χ1) is 12.1. The van der Waals surface area contributed by atoms with Crippen molar-refractivity contribution in [2.75, 3.05) is 0 Å². The zero-order valence-electron chi connectivity index (χ0n) is 14.0. The Morgan fingerprint density at radius 1 is 1.12 bits per heavy atom. The number of benzene rings is 2. The highest BCUT2D eigenvalue weighted by atomic mass is 35.5. The van der Waals surface area contributed by atoms with E-state index in [4.69, 9.17) is 11.6 Å². The van der Waals surface area contributed by atoms with Crippen LogP contribution in [0.2, 0.25) is 5.02 Å². The third-order valence-corrected chi connectivity index (χ3v) is 5.04. The van der Waals surface area contributed by atoms with Crippen LogP contribution >= 0.6 is 22.9 Å². The smallest absolute Gasteiger partial charge is 0.134 e. The Kier molecular flexibility index (Phi) is 5.33. The number of thiazole rings is 1. The Balaban J connectivity index is 1.88. The summed E-state index contributed by atoms with van der Waals surface area (Å²) in [6, 6.07) is 18.1. The summed E-state index contributed by atoms with van der Waals surface area (Å²) >= 11 is 7.40. The van der Waals surface area contributed by atoms with Gasteiger partial charge in [-0.15, -0.1) is 11.3 Å². The van der Waals surface area contributed by atoms with E-state index in [9.17, 15) is 5.26 Å². The molecule has 1 aromatic heterocycles. The number of nitrogens with zero attached hydrogens (tertiary/aromatic N) is 2. The molecule has 3 rings (SSSR count). The summed E-state index contributed by atoms with van der Waals surface area (Å²) in [6.07, 6.45) is 1.88. The number of allylic oxidation sites excluding steroid dienone is 1. The van der Waals surface area contributed by atoms with Crippen molar-refractivity contribution >= 4 is 34.6 Å². The Morgan fingerprint density at radius 3 is 2.40 bits per heavy atom. The summed E-state index contributed by atoms with van der Waals surface area (Å²) in [4.78, 5) is 4.61. The summed E-state index contributed by atoms with van der Waals surface area (Å²) in [5, 5.41) is 12.9. The third kappa shape index (κ3) is 4.17. The molecule has 0 fully saturated rings. The van der Waals surface area contributed by atoms with E-state index in [-0.39, 0.29) is 0 Å². The van der Waals surface area contributed by atoms with Gasteiger partial charge in [0.1, 0.15) is 11.1 Å². The quantitative estimate of drug-likeness (QED) is 0.486. The van der Waals surface area contributed by atoms with Crippen LogP contribution in [-0.4, -0.2) is 4.98 Å². The molecule has 0 aliphatic carbocycles. The van der Waals surface area contributed by atoms with Crippen molar-refractivity contribution in [3.8, 4) is 17.3 Å². The molecular weight excluding hydrogens is 348 g/mol. The maximum Gasteiger partial charge on any atom is 0.134 e. The molecule has 25 heavy (non-hydrogen) atoms. The molecule has 2 nitrogen and oxygen atoms in total. The van der Waals surface area contributed by atoms with Crippen LogP contribution < -0.4 is 0 Å². The zero-order chi connectivity index (χ0) is 17.8. The van der Waals surface area contributed by atoms with E-state index in [0.717, 1.165) is 21.8 Å². The van der Waals surface area contributed by atoms with Gasteiger partial charge in [0.05, 0.1) is 11.3 Å². The average molecular weight is 365 g/mol. The molecule has 1 heterocycles. The number of hydrogen-bond donors (Lipinski definition) is 0. The Bertz CT molecular complexity index is 929.